The average molecular weight is 334 g/mol. The summed E-state index contributed by atoms with van der Waals surface area (Å²) in [7, 11) is 0. The number of halogens is 4. The van der Waals surface area contributed by atoms with Crippen molar-refractivity contribution in [2.45, 2.75) is 5.33 Å². The predicted octanol–water partition coefficient (Wildman–Crippen LogP) is 5.69. The molecular weight excluding hydrogens is 326 g/mol. The molecular formula is C13H8BrCl2F. The van der Waals surface area contributed by atoms with Crippen molar-refractivity contribution in [1.82, 2.24) is 0 Å². The van der Waals surface area contributed by atoms with Crippen LogP contribution in [0, 0.1) is 5.82 Å². The molecule has 17 heavy (non-hydrogen) atoms. The van der Waals surface area contributed by atoms with E-state index >= 15 is 0 Å². The largest absolute Gasteiger partial charge is 0.206 e. The summed E-state index contributed by atoms with van der Waals surface area (Å²) < 4.78 is 14.1. The Balaban J connectivity index is 2.60. The van der Waals surface area contributed by atoms with Gasteiger partial charge in [-0.1, -0.05) is 63.4 Å². The summed E-state index contributed by atoms with van der Waals surface area (Å²) in [6, 6.07) is 10.3. The number of alkyl halides is 1. The molecule has 2 rings (SSSR count). The Kier molecular flexibility index (Phi) is 4.08. The minimum atomic E-state index is -0.256. The quantitative estimate of drug-likeness (QED) is 0.619. The summed E-state index contributed by atoms with van der Waals surface area (Å²) in [5.74, 6) is -0.256. The van der Waals surface area contributed by atoms with Gasteiger partial charge in [-0.3, -0.25) is 0 Å². The van der Waals surface area contributed by atoms with Crippen LogP contribution in [-0.2, 0) is 5.33 Å². The maximum absolute atomic E-state index is 14.1. The number of benzene rings is 2. The third-order valence-electron chi connectivity index (χ3n) is 2.44. The third-order valence-corrected chi connectivity index (χ3v) is 3.60. The summed E-state index contributed by atoms with van der Waals surface area (Å²) >= 11 is 15.1. The molecule has 0 unspecified atom stereocenters. The van der Waals surface area contributed by atoms with Gasteiger partial charge in [-0.2, -0.15) is 0 Å². The van der Waals surface area contributed by atoms with Crippen LogP contribution >= 0.6 is 39.1 Å². The molecule has 0 aliphatic carbocycles. The van der Waals surface area contributed by atoms with Gasteiger partial charge in [0.1, 0.15) is 5.82 Å². The Morgan fingerprint density at radius 2 is 1.82 bits per heavy atom. The first-order valence-corrected chi connectivity index (χ1v) is 6.80. The Labute approximate surface area is 117 Å². The molecule has 0 saturated heterocycles. The van der Waals surface area contributed by atoms with E-state index in [-0.39, 0.29) is 5.82 Å². The first-order valence-electron chi connectivity index (χ1n) is 4.92. The molecule has 4 heteroatoms. The minimum Gasteiger partial charge on any atom is -0.206 e. The number of hydrogen-bond donors (Lipinski definition) is 0. The molecule has 0 aromatic heterocycles. The topological polar surface area (TPSA) is 0 Å². The molecule has 0 spiro atoms. The van der Waals surface area contributed by atoms with Gasteiger partial charge >= 0.3 is 0 Å². The highest BCUT2D eigenvalue weighted by Crippen LogP contribution is 2.33. The smallest absolute Gasteiger partial charge is 0.135 e. The number of hydrogen-bond acceptors (Lipinski definition) is 0. The van der Waals surface area contributed by atoms with E-state index in [0.29, 0.717) is 32.1 Å². The fourth-order valence-corrected chi connectivity index (χ4v) is 2.54. The van der Waals surface area contributed by atoms with E-state index in [2.05, 4.69) is 15.9 Å². The van der Waals surface area contributed by atoms with E-state index in [1.165, 1.54) is 0 Å². The summed E-state index contributed by atoms with van der Waals surface area (Å²) in [5, 5.41) is 1.46. The van der Waals surface area contributed by atoms with E-state index < -0.39 is 0 Å². The number of rotatable bonds is 2. The third kappa shape index (κ3) is 2.65. The van der Waals surface area contributed by atoms with Crippen LogP contribution in [0.5, 0.6) is 0 Å². The van der Waals surface area contributed by atoms with E-state index in [4.69, 9.17) is 23.2 Å². The summed E-state index contributed by atoms with van der Waals surface area (Å²) in [4.78, 5) is 0. The summed E-state index contributed by atoms with van der Waals surface area (Å²) in [6.45, 7) is 0. The molecule has 0 N–H and O–H groups in total. The summed E-state index contributed by atoms with van der Waals surface area (Å²) in [6.07, 6.45) is 0. The molecule has 2 aromatic carbocycles. The molecule has 0 radical (unpaired) electrons. The monoisotopic (exact) mass is 332 g/mol. The molecule has 0 atom stereocenters. The molecule has 0 aliphatic rings. The lowest BCUT2D eigenvalue weighted by Gasteiger charge is -2.08. The van der Waals surface area contributed by atoms with Crippen LogP contribution in [0.15, 0.2) is 36.4 Å². The van der Waals surface area contributed by atoms with Crippen LogP contribution in [0.2, 0.25) is 10.0 Å². The maximum Gasteiger partial charge on any atom is 0.135 e. The van der Waals surface area contributed by atoms with Gasteiger partial charge in [0.25, 0.3) is 0 Å². The molecule has 0 bridgehead atoms. The first-order chi connectivity index (χ1) is 8.13. The van der Waals surface area contributed by atoms with Gasteiger partial charge in [-0.25, -0.2) is 4.39 Å². The highest BCUT2D eigenvalue weighted by molar-refractivity contribution is 9.08. The Morgan fingerprint density at radius 3 is 2.47 bits per heavy atom. The van der Waals surface area contributed by atoms with Crippen molar-refractivity contribution in [2.75, 3.05) is 0 Å². The second-order valence-electron chi connectivity index (χ2n) is 3.54. The van der Waals surface area contributed by atoms with Gasteiger partial charge in [0.2, 0.25) is 0 Å². The first kappa shape index (κ1) is 12.9. The van der Waals surface area contributed by atoms with Gasteiger partial charge in [-0.05, 0) is 17.7 Å². The van der Waals surface area contributed by atoms with Crippen LogP contribution in [0.4, 0.5) is 4.39 Å². The molecule has 0 fully saturated rings. The molecule has 0 nitrogen and oxygen atoms in total. The van der Waals surface area contributed by atoms with Crippen molar-refractivity contribution in [1.29, 1.82) is 0 Å². The Hall–Kier alpha value is -0.570. The molecule has 0 aliphatic heterocycles. The highest BCUT2D eigenvalue weighted by Gasteiger charge is 2.11. The van der Waals surface area contributed by atoms with Crippen LogP contribution in [0.25, 0.3) is 11.1 Å². The van der Waals surface area contributed by atoms with Gasteiger partial charge in [0, 0.05) is 26.5 Å². The van der Waals surface area contributed by atoms with Crippen LogP contribution < -0.4 is 0 Å². The lowest BCUT2D eigenvalue weighted by Crippen LogP contribution is -1.91. The lowest BCUT2D eigenvalue weighted by atomic mass is 10.0. The van der Waals surface area contributed by atoms with Crippen molar-refractivity contribution in [3.8, 4) is 11.1 Å². The molecule has 88 valence electrons. The summed E-state index contributed by atoms with van der Waals surface area (Å²) in [5.41, 5.74) is 1.74. The van der Waals surface area contributed by atoms with Crippen molar-refractivity contribution in [3.63, 3.8) is 0 Å². The zero-order valence-electron chi connectivity index (χ0n) is 8.68. The molecule has 2 aromatic rings. The molecule has 0 amide bonds. The van der Waals surface area contributed by atoms with Crippen molar-refractivity contribution < 1.29 is 4.39 Å². The van der Waals surface area contributed by atoms with E-state index in [9.17, 15) is 4.39 Å². The van der Waals surface area contributed by atoms with Crippen molar-refractivity contribution >= 4 is 39.1 Å². The standard InChI is InChI=1S/C13H8BrCl2F/c14-7-8-2-1-3-11(13(8)17)10-5-4-9(15)6-12(10)16/h1-6H,7H2. The average Bonchev–Trinajstić information content (AvgIpc) is 2.30. The SMILES string of the molecule is Fc1c(CBr)cccc1-c1ccc(Cl)cc1Cl. The zero-order chi connectivity index (χ0) is 12.4. The normalized spacial score (nSPS) is 10.6. The predicted molar refractivity (Wildman–Crippen MR) is 74.5 cm³/mol. The van der Waals surface area contributed by atoms with Gasteiger partial charge in [0.15, 0.2) is 0 Å². The highest BCUT2D eigenvalue weighted by atomic mass is 79.9. The van der Waals surface area contributed by atoms with Crippen molar-refractivity contribution in [2.24, 2.45) is 0 Å². The fraction of sp³-hybridized carbons (Fsp3) is 0.0769. The van der Waals surface area contributed by atoms with Gasteiger partial charge in [0.05, 0.1) is 0 Å². The Bertz CT molecular complexity index is 555. The maximum atomic E-state index is 14.1. The lowest BCUT2D eigenvalue weighted by molar-refractivity contribution is 0.621. The van der Waals surface area contributed by atoms with E-state index in [0.717, 1.165) is 0 Å². The van der Waals surface area contributed by atoms with Gasteiger partial charge < -0.3 is 0 Å². The van der Waals surface area contributed by atoms with Gasteiger partial charge in [-0.15, -0.1) is 0 Å². The van der Waals surface area contributed by atoms with Crippen LogP contribution in [0.3, 0.4) is 0 Å². The Morgan fingerprint density at radius 1 is 1.06 bits per heavy atom. The molecule has 0 heterocycles. The van der Waals surface area contributed by atoms with Crippen LogP contribution in [0.1, 0.15) is 5.56 Å². The van der Waals surface area contributed by atoms with E-state index in [1.807, 2.05) is 0 Å². The second kappa shape index (κ2) is 5.38. The van der Waals surface area contributed by atoms with Crippen LogP contribution in [-0.4, -0.2) is 0 Å². The molecule has 0 saturated carbocycles. The fourth-order valence-electron chi connectivity index (χ4n) is 1.60. The zero-order valence-corrected chi connectivity index (χ0v) is 11.8. The van der Waals surface area contributed by atoms with E-state index in [1.54, 1.807) is 36.4 Å². The van der Waals surface area contributed by atoms with Crippen molar-refractivity contribution in [3.05, 3.63) is 57.8 Å². The second-order valence-corrected chi connectivity index (χ2v) is 4.94. The minimum absolute atomic E-state index is 0.256.